The van der Waals surface area contributed by atoms with Crippen LogP contribution in [-0.4, -0.2) is 30.6 Å². The number of hydrogen-bond donors (Lipinski definition) is 1. The Balaban J connectivity index is 4.06. The van der Waals surface area contributed by atoms with E-state index in [1.165, 1.54) is 20.1 Å². The minimum atomic E-state index is -0.930. The van der Waals surface area contributed by atoms with Gasteiger partial charge in [0.05, 0.1) is 6.10 Å². The molecule has 0 fully saturated rings. The van der Waals surface area contributed by atoms with Gasteiger partial charge in [-0.25, -0.2) is 4.79 Å². The summed E-state index contributed by atoms with van der Waals surface area (Å²) in [5.41, 5.74) is 0.274. The molecule has 0 aromatic rings. The molecular weight excluding hydrogens is 172 g/mol. The molecule has 0 rings (SSSR count). The summed E-state index contributed by atoms with van der Waals surface area (Å²) in [7, 11) is 1.53. The molecule has 76 valence electrons. The number of hydrogen-bond acceptors (Lipinski definition) is 3. The van der Waals surface area contributed by atoms with E-state index in [1.807, 2.05) is 0 Å². The van der Waals surface area contributed by atoms with Gasteiger partial charge in [0.25, 0.3) is 0 Å². The van der Waals surface area contributed by atoms with Crippen LogP contribution in [0.4, 0.5) is 0 Å². The minimum absolute atomic E-state index is 0.258. The van der Waals surface area contributed by atoms with Crippen molar-refractivity contribution in [3.05, 3.63) is 11.6 Å². The van der Waals surface area contributed by atoms with Crippen molar-refractivity contribution in [2.24, 2.45) is 0 Å². The fourth-order valence-electron chi connectivity index (χ4n) is 0.820. The van der Waals surface area contributed by atoms with Crippen molar-refractivity contribution in [1.29, 1.82) is 0 Å². The Morgan fingerprint density at radius 3 is 2.38 bits per heavy atom. The van der Waals surface area contributed by atoms with Crippen molar-refractivity contribution in [2.45, 2.75) is 33.2 Å². The fourth-order valence-corrected chi connectivity index (χ4v) is 0.820. The average Bonchev–Trinajstić information content (AvgIpc) is 2.03. The molecule has 0 aliphatic carbocycles. The van der Waals surface area contributed by atoms with Crippen molar-refractivity contribution in [2.75, 3.05) is 7.11 Å². The summed E-state index contributed by atoms with van der Waals surface area (Å²) in [6.07, 6.45) is 0.955. The van der Waals surface area contributed by atoms with Crippen molar-refractivity contribution in [3.8, 4) is 0 Å². The van der Waals surface area contributed by atoms with Crippen molar-refractivity contribution < 1.29 is 19.4 Å². The average molecular weight is 188 g/mol. The standard InChI is InChI=1S/C9H16O4/c1-6(9(10)11)5-7(2)13-8(3)12-4/h5,7-8H,1-4H3,(H,10,11). The van der Waals surface area contributed by atoms with E-state index in [9.17, 15) is 4.79 Å². The molecule has 13 heavy (non-hydrogen) atoms. The van der Waals surface area contributed by atoms with Crippen LogP contribution in [0.3, 0.4) is 0 Å². The van der Waals surface area contributed by atoms with Crippen LogP contribution in [0, 0.1) is 0 Å². The van der Waals surface area contributed by atoms with Crippen LogP contribution in [-0.2, 0) is 14.3 Å². The summed E-state index contributed by atoms with van der Waals surface area (Å²) in [5.74, 6) is -0.930. The topological polar surface area (TPSA) is 55.8 Å². The normalized spacial score (nSPS) is 16.8. The molecule has 0 saturated carbocycles. The van der Waals surface area contributed by atoms with Crippen molar-refractivity contribution >= 4 is 5.97 Å². The molecule has 0 bridgehead atoms. The lowest BCUT2D eigenvalue weighted by Crippen LogP contribution is -2.17. The second-order valence-corrected chi connectivity index (χ2v) is 2.80. The first kappa shape index (κ1) is 12.1. The van der Waals surface area contributed by atoms with Crippen LogP contribution in [0.1, 0.15) is 20.8 Å². The molecule has 0 saturated heterocycles. The maximum Gasteiger partial charge on any atom is 0.331 e. The lowest BCUT2D eigenvalue weighted by Gasteiger charge is -2.15. The number of rotatable bonds is 5. The van der Waals surface area contributed by atoms with Crippen LogP contribution >= 0.6 is 0 Å². The highest BCUT2D eigenvalue weighted by Crippen LogP contribution is 2.03. The second kappa shape index (κ2) is 5.72. The van der Waals surface area contributed by atoms with Gasteiger partial charge in [-0.3, -0.25) is 0 Å². The summed E-state index contributed by atoms with van der Waals surface area (Å²) in [6.45, 7) is 5.04. The highest BCUT2D eigenvalue weighted by molar-refractivity contribution is 5.85. The van der Waals surface area contributed by atoms with Crippen molar-refractivity contribution in [1.82, 2.24) is 0 Å². The van der Waals surface area contributed by atoms with Gasteiger partial charge in [0.2, 0.25) is 0 Å². The Bertz CT molecular complexity index is 198. The number of carboxylic acids is 1. The molecular formula is C9H16O4. The first-order chi connectivity index (χ1) is 5.97. The molecule has 1 N–H and O–H groups in total. The third-order valence-electron chi connectivity index (χ3n) is 1.56. The predicted molar refractivity (Wildman–Crippen MR) is 48.4 cm³/mol. The highest BCUT2D eigenvalue weighted by atomic mass is 16.7. The molecule has 4 heteroatoms. The Hall–Kier alpha value is -0.870. The van der Waals surface area contributed by atoms with Gasteiger partial charge in [-0.2, -0.15) is 0 Å². The molecule has 2 unspecified atom stereocenters. The lowest BCUT2D eigenvalue weighted by molar-refractivity contribution is -0.134. The molecule has 0 heterocycles. The first-order valence-electron chi connectivity index (χ1n) is 4.07. The summed E-state index contributed by atoms with van der Waals surface area (Å²) in [5, 5.41) is 8.57. The summed E-state index contributed by atoms with van der Waals surface area (Å²) in [6, 6.07) is 0. The maximum atomic E-state index is 10.4. The number of aliphatic carboxylic acids is 1. The molecule has 0 aromatic carbocycles. The molecule has 0 radical (unpaired) electrons. The number of ether oxygens (including phenoxy) is 2. The minimum Gasteiger partial charge on any atom is -0.478 e. The van der Waals surface area contributed by atoms with Crippen LogP contribution in [0.25, 0.3) is 0 Å². The largest absolute Gasteiger partial charge is 0.478 e. The van der Waals surface area contributed by atoms with E-state index in [0.29, 0.717) is 0 Å². The molecule has 0 aromatic heterocycles. The summed E-state index contributed by atoms with van der Waals surface area (Å²) < 4.78 is 10.1. The van der Waals surface area contributed by atoms with Gasteiger partial charge in [0.1, 0.15) is 0 Å². The molecule has 0 amide bonds. The van der Waals surface area contributed by atoms with E-state index >= 15 is 0 Å². The highest BCUT2D eigenvalue weighted by Gasteiger charge is 2.07. The number of carbonyl (C=O) groups is 1. The second-order valence-electron chi connectivity index (χ2n) is 2.80. The van der Waals surface area contributed by atoms with Gasteiger partial charge in [0.15, 0.2) is 6.29 Å². The van der Waals surface area contributed by atoms with E-state index in [1.54, 1.807) is 13.8 Å². The van der Waals surface area contributed by atoms with Crippen LogP contribution in [0.2, 0.25) is 0 Å². The lowest BCUT2D eigenvalue weighted by atomic mass is 10.2. The SMILES string of the molecule is COC(C)OC(C)C=C(C)C(=O)O. The molecule has 2 atom stereocenters. The van der Waals surface area contributed by atoms with Crippen LogP contribution in [0.5, 0.6) is 0 Å². The zero-order chi connectivity index (χ0) is 10.4. The Kier molecular flexibility index (Phi) is 5.34. The van der Waals surface area contributed by atoms with E-state index in [0.717, 1.165) is 0 Å². The van der Waals surface area contributed by atoms with Gasteiger partial charge in [-0.1, -0.05) is 0 Å². The molecule has 0 spiro atoms. The third-order valence-corrected chi connectivity index (χ3v) is 1.56. The van der Waals surface area contributed by atoms with E-state index < -0.39 is 5.97 Å². The number of carboxylic acid groups (broad SMARTS) is 1. The van der Waals surface area contributed by atoms with E-state index in [4.69, 9.17) is 14.6 Å². The van der Waals surface area contributed by atoms with Gasteiger partial charge in [-0.05, 0) is 26.8 Å². The third kappa shape index (κ3) is 5.38. The molecule has 4 nitrogen and oxygen atoms in total. The van der Waals surface area contributed by atoms with Gasteiger partial charge in [-0.15, -0.1) is 0 Å². The monoisotopic (exact) mass is 188 g/mol. The van der Waals surface area contributed by atoms with Crippen molar-refractivity contribution in [3.63, 3.8) is 0 Å². The summed E-state index contributed by atoms with van der Waals surface area (Å²) in [4.78, 5) is 10.4. The zero-order valence-corrected chi connectivity index (χ0v) is 8.40. The summed E-state index contributed by atoms with van der Waals surface area (Å²) >= 11 is 0. The van der Waals surface area contributed by atoms with Crippen LogP contribution < -0.4 is 0 Å². The van der Waals surface area contributed by atoms with E-state index in [2.05, 4.69) is 0 Å². The quantitative estimate of drug-likeness (QED) is 0.523. The van der Waals surface area contributed by atoms with Gasteiger partial charge < -0.3 is 14.6 Å². The fraction of sp³-hybridized carbons (Fsp3) is 0.667. The zero-order valence-electron chi connectivity index (χ0n) is 8.40. The maximum absolute atomic E-state index is 10.4. The Labute approximate surface area is 78.2 Å². The predicted octanol–water partition coefficient (Wildman–Crippen LogP) is 1.41. The van der Waals surface area contributed by atoms with Gasteiger partial charge >= 0.3 is 5.97 Å². The van der Waals surface area contributed by atoms with E-state index in [-0.39, 0.29) is 18.0 Å². The molecule has 0 aliphatic heterocycles. The Morgan fingerprint density at radius 1 is 1.46 bits per heavy atom. The molecule has 0 aliphatic rings. The number of methoxy groups -OCH3 is 1. The first-order valence-corrected chi connectivity index (χ1v) is 4.07. The Morgan fingerprint density at radius 2 is 2.00 bits per heavy atom. The smallest absolute Gasteiger partial charge is 0.331 e. The van der Waals surface area contributed by atoms with Gasteiger partial charge in [0, 0.05) is 12.7 Å². The van der Waals surface area contributed by atoms with Crippen LogP contribution in [0.15, 0.2) is 11.6 Å².